The number of nitrogens with one attached hydrogen (secondary N) is 5. The van der Waals surface area contributed by atoms with Gasteiger partial charge in [0.1, 0.15) is 35.8 Å². The maximum atomic E-state index is 14.6. The molecule has 0 saturated carbocycles. The molecule has 0 bridgehead atoms. The highest BCUT2D eigenvalue weighted by Crippen LogP contribution is 2.38. The Morgan fingerprint density at radius 3 is 2.42 bits per heavy atom. The van der Waals surface area contributed by atoms with Crippen molar-refractivity contribution in [1.29, 1.82) is 0 Å². The van der Waals surface area contributed by atoms with E-state index < -0.39 is 47.1 Å². The molecule has 392 valence electrons. The molecule has 3 aromatic heterocycles. The molecule has 2 aromatic carbocycles. The van der Waals surface area contributed by atoms with Crippen molar-refractivity contribution in [3.8, 4) is 10.4 Å². The minimum Gasteiger partial charge on any atom is -0.351 e. The number of fused-ring (bicyclic) bond motifs is 1. The molecule has 0 spiro atoms. The summed E-state index contributed by atoms with van der Waals surface area (Å²) in [4.78, 5) is 88.6. The van der Waals surface area contributed by atoms with E-state index >= 15 is 0 Å². The Morgan fingerprint density at radius 2 is 1.72 bits per heavy atom. The maximum absolute atomic E-state index is 14.6. The number of hydrogen-bond acceptors (Lipinski definition) is 10. The lowest BCUT2D eigenvalue weighted by Gasteiger charge is -2.35. The summed E-state index contributed by atoms with van der Waals surface area (Å²) in [7, 11) is 0. The van der Waals surface area contributed by atoms with Gasteiger partial charge in [-0.25, -0.2) is 9.37 Å². The molecule has 6 amide bonds. The van der Waals surface area contributed by atoms with E-state index in [1.165, 1.54) is 28.8 Å². The fourth-order valence-electron chi connectivity index (χ4n) is 9.35. The van der Waals surface area contributed by atoms with E-state index in [0.29, 0.717) is 60.8 Å². The lowest BCUT2D eigenvalue weighted by atomic mass is 9.85. The van der Waals surface area contributed by atoms with Crippen LogP contribution in [0.1, 0.15) is 141 Å². The van der Waals surface area contributed by atoms with Gasteiger partial charge in [-0.05, 0) is 91.9 Å². The second kappa shape index (κ2) is 25.2. The predicted molar refractivity (Wildman–Crippen MR) is 289 cm³/mol. The van der Waals surface area contributed by atoms with Crippen LogP contribution in [0, 0.1) is 18.2 Å². The zero-order valence-corrected chi connectivity index (χ0v) is 45.0. The summed E-state index contributed by atoms with van der Waals surface area (Å²) in [6, 6.07) is 11.0. The number of likely N-dealkylation sites (tertiary alicyclic amines) is 1. The lowest BCUT2D eigenvalue weighted by molar-refractivity contribution is -0.143. The molecule has 2 unspecified atom stereocenters. The first-order chi connectivity index (χ1) is 35.4. The Hall–Kier alpha value is -6.50. The number of allylic oxidation sites excluding steroid dienone is 2. The second-order valence-electron chi connectivity index (χ2n) is 19.8. The van der Waals surface area contributed by atoms with Crippen molar-refractivity contribution in [3.05, 3.63) is 121 Å². The summed E-state index contributed by atoms with van der Waals surface area (Å²) >= 11 is 9.21. The average Bonchev–Trinajstić information content (AvgIpc) is 4.19. The molecule has 1 fully saturated rings. The van der Waals surface area contributed by atoms with Gasteiger partial charge in [-0.3, -0.25) is 28.8 Å². The van der Waals surface area contributed by atoms with Crippen molar-refractivity contribution in [2.75, 3.05) is 18.4 Å². The minimum atomic E-state index is -0.988. The van der Waals surface area contributed by atoms with E-state index in [-0.39, 0.29) is 58.3 Å². The smallest absolute Gasteiger partial charge is 0.276 e. The Kier molecular flexibility index (Phi) is 18.8. The summed E-state index contributed by atoms with van der Waals surface area (Å²) in [6.07, 6.45) is 12.7. The molecule has 2 aliphatic rings. The van der Waals surface area contributed by atoms with E-state index in [9.17, 15) is 33.2 Å². The summed E-state index contributed by atoms with van der Waals surface area (Å²) in [6.45, 7) is 14.5. The Morgan fingerprint density at radius 1 is 0.986 bits per heavy atom. The van der Waals surface area contributed by atoms with Gasteiger partial charge < -0.3 is 36.1 Å². The van der Waals surface area contributed by atoms with Gasteiger partial charge in [0.2, 0.25) is 23.6 Å². The number of aromatic nitrogens is 3. The van der Waals surface area contributed by atoms with Gasteiger partial charge in [0, 0.05) is 46.4 Å². The van der Waals surface area contributed by atoms with Crippen molar-refractivity contribution >= 4 is 88.3 Å². The molecule has 0 aliphatic carbocycles. The Balaban J connectivity index is 0.857. The number of carbonyl (C=O) groups is 6. The maximum Gasteiger partial charge on any atom is 0.276 e. The van der Waals surface area contributed by atoms with Gasteiger partial charge in [0.15, 0.2) is 0 Å². The van der Waals surface area contributed by atoms with E-state index in [1.807, 2.05) is 70.5 Å². The number of nitrogens with zero attached hydrogens (tertiary/aromatic N) is 4. The molecule has 1 saturated heterocycles. The third-order valence-electron chi connectivity index (χ3n) is 13.3. The van der Waals surface area contributed by atoms with E-state index in [4.69, 9.17) is 11.6 Å². The van der Waals surface area contributed by atoms with Crippen LogP contribution in [0.4, 0.5) is 10.1 Å². The van der Waals surface area contributed by atoms with Crippen molar-refractivity contribution in [2.24, 2.45) is 5.41 Å². The molecule has 19 heteroatoms. The van der Waals surface area contributed by atoms with Gasteiger partial charge in [-0.1, -0.05) is 114 Å². The average molecular weight is 1070 g/mol. The third kappa shape index (κ3) is 13.6. The molecule has 74 heavy (non-hydrogen) atoms. The fourth-order valence-corrected chi connectivity index (χ4v) is 11.0. The first-order valence-corrected chi connectivity index (χ1v) is 27.2. The number of hydrogen-bond donors (Lipinski definition) is 5. The summed E-state index contributed by atoms with van der Waals surface area (Å²) in [5.41, 5.74) is 5.39. The van der Waals surface area contributed by atoms with Gasteiger partial charge >= 0.3 is 0 Å². The van der Waals surface area contributed by atoms with Crippen LogP contribution in [0.2, 0.25) is 5.02 Å². The number of carbonyl (C=O) groups excluding carboxylic acids is 6. The number of anilines is 1. The molecule has 3 atom stereocenters. The quantitative estimate of drug-likeness (QED) is 0.0455. The largest absolute Gasteiger partial charge is 0.351 e. The topological polar surface area (TPSA) is 197 Å². The van der Waals surface area contributed by atoms with Crippen molar-refractivity contribution in [2.45, 2.75) is 130 Å². The summed E-state index contributed by atoms with van der Waals surface area (Å²) in [5.74, 6) is -2.64. The normalized spacial score (nSPS) is 16.2. The van der Waals surface area contributed by atoms with E-state index in [1.54, 1.807) is 28.4 Å². The SMILES string of the molecule is C=c1snc(C(=O)Nc2cc(C(=O)NCCCCCCCCCC(=O)NC(C(=O)N3CCCC3C(=O)NCc3ccc(-c4scnc4C)cc3)C(C)(C)C)n3c2[C@H](c2cc(F)ccc2Cl)NC(=O)C3)/c1=C/C=C\C. The van der Waals surface area contributed by atoms with Crippen LogP contribution in [0.3, 0.4) is 0 Å². The lowest BCUT2D eigenvalue weighted by Crippen LogP contribution is -2.57. The molecule has 5 aromatic rings. The molecule has 2 aliphatic heterocycles. The highest BCUT2D eigenvalue weighted by molar-refractivity contribution is 7.13. The molecule has 5 N–H and O–H groups in total. The summed E-state index contributed by atoms with van der Waals surface area (Å²) < 4.78 is 21.0. The molecule has 15 nitrogen and oxygen atoms in total. The Labute approximate surface area is 444 Å². The van der Waals surface area contributed by atoms with Crippen LogP contribution >= 0.6 is 34.5 Å². The number of amides is 6. The number of aryl methyl sites for hydroxylation is 1. The van der Waals surface area contributed by atoms with Crippen LogP contribution in [0.5, 0.6) is 0 Å². The molecule has 7 rings (SSSR count). The molecule has 0 radical (unpaired) electrons. The van der Waals surface area contributed by atoms with Crippen molar-refractivity contribution < 1.29 is 33.2 Å². The Bertz CT molecular complexity index is 3020. The van der Waals surface area contributed by atoms with Crippen LogP contribution in [0.15, 0.2) is 66.2 Å². The molecular formula is C55H65ClFN9O6S2. The number of unbranched alkanes of at least 4 members (excludes halogenated alkanes) is 6. The van der Waals surface area contributed by atoms with Crippen molar-refractivity contribution in [3.63, 3.8) is 0 Å². The van der Waals surface area contributed by atoms with Crippen LogP contribution in [0.25, 0.3) is 23.1 Å². The van der Waals surface area contributed by atoms with Gasteiger partial charge in [0.25, 0.3) is 11.8 Å². The van der Waals surface area contributed by atoms with E-state index in [2.05, 4.69) is 42.5 Å². The van der Waals surface area contributed by atoms with Gasteiger partial charge in [-0.2, -0.15) is 4.37 Å². The molecule has 5 heterocycles. The number of thiazole rings is 1. The number of halogens is 2. The first-order valence-electron chi connectivity index (χ1n) is 25.2. The van der Waals surface area contributed by atoms with Crippen LogP contribution in [-0.4, -0.2) is 79.4 Å². The molecular weight excluding hydrogens is 1000 g/mol. The van der Waals surface area contributed by atoms with Crippen LogP contribution < -0.4 is 36.3 Å². The predicted octanol–water partition coefficient (Wildman–Crippen LogP) is 8.10. The highest BCUT2D eigenvalue weighted by Gasteiger charge is 2.42. The van der Waals surface area contributed by atoms with Crippen molar-refractivity contribution in [1.82, 2.24) is 40.1 Å². The van der Waals surface area contributed by atoms with Gasteiger partial charge in [0.05, 0.1) is 33.5 Å². The highest BCUT2D eigenvalue weighted by atomic mass is 35.5. The minimum absolute atomic E-state index is 0.140. The first kappa shape index (κ1) is 55.3. The third-order valence-corrected chi connectivity index (χ3v) is 15.3. The van der Waals surface area contributed by atoms with Gasteiger partial charge in [-0.15, -0.1) is 11.3 Å². The number of benzene rings is 2. The fraction of sp³-hybridized carbons (Fsp3) is 0.418. The zero-order chi connectivity index (χ0) is 53.1. The standard InChI is InChI=1S/C55H65ClFN9O6S2/c1-7-8-17-38-34(3)74-64-47(38)53(71)61-41-29-43(66-31-45(68)62-46(48(41)66)39-28-37(57)24-25-40(39)56)52(70)58-26-15-13-11-9-10-12-14-19-44(67)63-50(55(4,5)6)54(72)65-27-16-18-42(65)51(69)59-30-35-20-22-36(23-21-35)49-33(2)60-32-73-49/h7-8,17,20-25,28-29,32,42,46,50H,3,9-16,18-19,26-27,30-31H2,1-2,4-6H3,(H,58,70)(H,59,69)(H,61,71)(H,62,68)(H,63,67)/b8-7-,38-17+/t42?,46-,50?/m0/s1. The van der Waals surface area contributed by atoms with E-state index in [0.717, 1.165) is 65.3 Å². The summed E-state index contributed by atoms with van der Waals surface area (Å²) in [5, 5.41) is 15.5. The monoisotopic (exact) mass is 1070 g/mol. The van der Waals surface area contributed by atoms with Crippen LogP contribution in [-0.2, 0) is 32.3 Å². The number of rotatable bonds is 21. The zero-order valence-electron chi connectivity index (χ0n) is 42.6. The second-order valence-corrected chi connectivity index (χ2v) is 21.9.